The Kier molecular flexibility index (Phi) is 1.17. The summed E-state index contributed by atoms with van der Waals surface area (Å²) >= 11 is 0.263. The fourth-order valence-electron chi connectivity index (χ4n) is 0.883. The molecule has 0 radical (unpaired) electrons. The topological polar surface area (TPSA) is 12.0 Å². The molecule has 0 atom stereocenters. The van der Waals surface area contributed by atoms with E-state index in [-0.39, 0.29) is 15.5 Å². The van der Waals surface area contributed by atoms with Crippen LogP contribution in [0.2, 0.25) is 0 Å². The Bertz CT molecular complexity index is 255. The van der Waals surface area contributed by atoms with Gasteiger partial charge in [0, 0.05) is 0 Å². The first-order valence-electron chi connectivity index (χ1n) is 2.85. The van der Waals surface area contributed by atoms with Gasteiger partial charge >= 0.3 is 60.1 Å². The summed E-state index contributed by atoms with van der Waals surface area (Å²) in [7, 11) is 0. The van der Waals surface area contributed by atoms with Crippen LogP contribution in [-0.4, -0.2) is 20.3 Å². The summed E-state index contributed by atoms with van der Waals surface area (Å²) in [6.07, 6.45) is 0. The summed E-state index contributed by atoms with van der Waals surface area (Å²) in [6.45, 7) is 0. The van der Waals surface area contributed by atoms with Crippen molar-refractivity contribution in [2.45, 2.75) is 0 Å². The molecule has 0 unspecified atom stereocenters. The molecular formula is C7H6AsN. The number of rotatable bonds is 0. The maximum atomic E-state index is 3.34. The molecule has 0 saturated carbocycles. The van der Waals surface area contributed by atoms with Crippen molar-refractivity contribution in [3.8, 4) is 0 Å². The Hall–Kier alpha value is -0.552. The third-order valence-electron chi connectivity index (χ3n) is 1.35. The van der Waals surface area contributed by atoms with Crippen molar-refractivity contribution in [3.63, 3.8) is 0 Å². The van der Waals surface area contributed by atoms with E-state index in [1.165, 1.54) is 11.3 Å². The maximum absolute atomic E-state index is 3.34. The Labute approximate surface area is 60.5 Å². The quantitative estimate of drug-likeness (QED) is 0.583. The van der Waals surface area contributed by atoms with Crippen LogP contribution in [0.4, 0.5) is 5.69 Å². The molecule has 1 nitrogen and oxygen atoms in total. The second kappa shape index (κ2) is 2.00. The third-order valence-corrected chi connectivity index (χ3v) is 2.98. The summed E-state index contributed by atoms with van der Waals surface area (Å²) in [6, 6.07) is 8.40. The molecule has 44 valence electrons. The SMILES string of the molecule is C1=[As]Nc2ccccc21. The normalized spacial score (nSPS) is 14.7. The van der Waals surface area contributed by atoms with Gasteiger partial charge in [-0.1, -0.05) is 0 Å². The van der Waals surface area contributed by atoms with Crippen LogP contribution in [-0.2, 0) is 0 Å². The molecule has 0 aromatic heterocycles. The molecule has 1 aliphatic heterocycles. The molecule has 0 amide bonds. The van der Waals surface area contributed by atoms with Gasteiger partial charge in [0.2, 0.25) is 0 Å². The summed E-state index contributed by atoms with van der Waals surface area (Å²) in [5.41, 5.74) is 2.68. The molecule has 2 rings (SSSR count). The molecule has 0 saturated heterocycles. The Balaban J connectivity index is 2.63. The summed E-state index contributed by atoms with van der Waals surface area (Å²) in [4.78, 5) is 2.28. The van der Waals surface area contributed by atoms with Gasteiger partial charge in [-0.25, -0.2) is 0 Å². The number of hydrogen-bond acceptors (Lipinski definition) is 1. The van der Waals surface area contributed by atoms with Crippen molar-refractivity contribution in [1.29, 1.82) is 0 Å². The van der Waals surface area contributed by atoms with E-state index in [9.17, 15) is 0 Å². The van der Waals surface area contributed by atoms with E-state index in [0.717, 1.165) is 0 Å². The molecule has 1 aromatic carbocycles. The summed E-state index contributed by atoms with van der Waals surface area (Å²) < 4.78 is 3.34. The molecule has 1 N–H and O–H groups in total. The van der Waals surface area contributed by atoms with E-state index in [1.807, 2.05) is 0 Å². The van der Waals surface area contributed by atoms with Crippen molar-refractivity contribution in [2.75, 3.05) is 4.23 Å². The molecule has 2 heteroatoms. The van der Waals surface area contributed by atoms with E-state index >= 15 is 0 Å². The van der Waals surface area contributed by atoms with Gasteiger partial charge in [0.05, 0.1) is 0 Å². The molecule has 1 aliphatic rings. The molecule has 0 bridgehead atoms. The van der Waals surface area contributed by atoms with Crippen LogP contribution in [0.25, 0.3) is 0 Å². The first kappa shape index (κ1) is 5.25. The Morgan fingerprint density at radius 2 is 2.11 bits per heavy atom. The van der Waals surface area contributed by atoms with Gasteiger partial charge in [-0.15, -0.1) is 0 Å². The van der Waals surface area contributed by atoms with E-state index in [0.29, 0.717) is 0 Å². The molecular weight excluding hydrogens is 173 g/mol. The molecule has 0 aliphatic carbocycles. The average molecular weight is 179 g/mol. The molecule has 1 heterocycles. The minimum atomic E-state index is 0.263. The van der Waals surface area contributed by atoms with E-state index < -0.39 is 0 Å². The van der Waals surface area contributed by atoms with Crippen LogP contribution < -0.4 is 4.23 Å². The zero-order valence-electron chi connectivity index (χ0n) is 4.83. The van der Waals surface area contributed by atoms with Crippen LogP contribution >= 0.6 is 0 Å². The van der Waals surface area contributed by atoms with Crippen LogP contribution in [0, 0.1) is 0 Å². The Morgan fingerprint density at radius 1 is 1.22 bits per heavy atom. The standard InChI is InChI=1S/C7H6AsN/c1-2-4-7-6(3-1)5-8-9-7/h1-5,9H. The van der Waals surface area contributed by atoms with Gasteiger partial charge in [-0.3, -0.25) is 0 Å². The third kappa shape index (κ3) is 0.817. The number of anilines is 1. The van der Waals surface area contributed by atoms with Gasteiger partial charge in [0.25, 0.3) is 0 Å². The minimum absolute atomic E-state index is 0.263. The van der Waals surface area contributed by atoms with E-state index in [2.05, 4.69) is 33.3 Å². The Morgan fingerprint density at radius 3 is 3.00 bits per heavy atom. The number of fused-ring (bicyclic) bond motifs is 1. The summed E-state index contributed by atoms with van der Waals surface area (Å²) in [5, 5.41) is 0. The first-order chi connectivity index (χ1) is 4.47. The second-order valence-electron chi connectivity index (χ2n) is 1.96. The van der Waals surface area contributed by atoms with Crippen molar-refractivity contribution in [1.82, 2.24) is 0 Å². The number of benzene rings is 1. The van der Waals surface area contributed by atoms with Crippen LogP contribution in [0.5, 0.6) is 0 Å². The van der Waals surface area contributed by atoms with Crippen molar-refractivity contribution in [2.24, 2.45) is 0 Å². The monoisotopic (exact) mass is 179 g/mol. The molecule has 0 spiro atoms. The van der Waals surface area contributed by atoms with Crippen molar-refractivity contribution < 1.29 is 0 Å². The molecule has 9 heavy (non-hydrogen) atoms. The zero-order chi connectivity index (χ0) is 6.10. The number of para-hydroxylation sites is 1. The first-order valence-corrected chi connectivity index (χ1v) is 4.87. The van der Waals surface area contributed by atoms with Gasteiger partial charge in [-0.05, 0) is 0 Å². The van der Waals surface area contributed by atoms with Gasteiger partial charge < -0.3 is 0 Å². The number of nitrogens with one attached hydrogen (secondary N) is 1. The van der Waals surface area contributed by atoms with E-state index in [4.69, 9.17) is 0 Å². The van der Waals surface area contributed by atoms with Gasteiger partial charge in [0.1, 0.15) is 0 Å². The number of hydrogen-bond donors (Lipinski definition) is 1. The fraction of sp³-hybridized carbons (Fsp3) is 0. The predicted molar refractivity (Wildman–Crippen MR) is 41.0 cm³/mol. The predicted octanol–water partition coefficient (Wildman–Crippen LogP) is 0.882. The van der Waals surface area contributed by atoms with E-state index in [1.54, 1.807) is 0 Å². The van der Waals surface area contributed by atoms with Crippen LogP contribution in [0.3, 0.4) is 0 Å². The van der Waals surface area contributed by atoms with Crippen molar-refractivity contribution >= 4 is 26.0 Å². The molecule has 0 fully saturated rings. The summed E-state index contributed by atoms with van der Waals surface area (Å²) in [5.74, 6) is 0. The average Bonchev–Trinajstić information content (AvgIpc) is 2.33. The van der Waals surface area contributed by atoms with Gasteiger partial charge in [-0.2, -0.15) is 0 Å². The second-order valence-corrected chi connectivity index (χ2v) is 3.51. The fourth-order valence-corrected chi connectivity index (χ4v) is 2.50. The van der Waals surface area contributed by atoms with Gasteiger partial charge in [0.15, 0.2) is 0 Å². The van der Waals surface area contributed by atoms with Crippen LogP contribution in [0.1, 0.15) is 5.56 Å². The van der Waals surface area contributed by atoms with Crippen molar-refractivity contribution in [3.05, 3.63) is 29.8 Å². The molecule has 1 aromatic rings. The zero-order valence-corrected chi connectivity index (χ0v) is 6.71. The van der Waals surface area contributed by atoms with Crippen LogP contribution in [0.15, 0.2) is 24.3 Å².